The molecular formula is C17H24N2O3S2. The van der Waals surface area contributed by atoms with Crippen LogP contribution in [0, 0.1) is 13.8 Å². The van der Waals surface area contributed by atoms with Crippen molar-refractivity contribution in [2.24, 2.45) is 0 Å². The molecule has 0 amide bonds. The van der Waals surface area contributed by atoms with Gasteiger partial charge in [0.1, 0.15) is 4.83 Å². The molecule has 0 spiro atoms. The van der Waals surface area contributed by atoms with E-state index in [9.17, 15) is 4.79 Å². The lowest BCUT2D eigenvalue weighted by Crippen LogP contribution is -2.26. The first-order valence-electron chi connectivity index (χ1n) is 8.35. The Morgan fingerprint density at radius 2 is 2.25 bits per heavy atom. The summed E-state index contributed by atoms with van der Waals surface area (Å²) < 4.78 is 12.7. The van der Waals surface area contributed by atoms with Crippen LogP contribution < -0.4 is 5.56 Å². The molecule has 0 saturated carbocycles. The van der Waals surface area contributed by atoms with E-state index in [0.29, 0.717) is 13.2 Å². The molecule has 0 N–H and O–H groups in total. The van der Waals surface area contributed by atoms with Crippen molar-refractivity contribution >= 4 is 33.3 Å². The molecule has 3 rings (SSSR count). The summed E-state index contributed by atoms with van der Waals surface area (Å²) in [5, 5.41) is 1.53. The molecule has 1 atom stereocenters. The molecule has 0 aromatic carbocycles. The molecule has 3 heterocycles. The number of nitrogens with zero attached hydrogens (tertiary/aromatic N) is 2. The number of methoxy groups -OCH3 is 1. The van der Waals surface area contributed by atoms with E-state index < -0.39 is 0 Å². The standard InChI is InChI=1S/C17H24N2O3S2/c1-11-12(2)24-15-14(11)16(20)19(7-9-21-3)17(18-15)23-10-13-6-4-5-8-22-13/h13H,4-10H2,1-3H3. The van der Waals surface area contributed by atoms with Gasteiger partial charge in [0.25, 0.3) is 5.56 Å². The third kappa shape index (κ3) is 3.69. The summed E-state index contributed by atoms with van der Waals surface area (Å²) in [6.45, 7) is 5.92. The summed E-state index contributed by atoms with van der Waals surface area (Å²) in [5.41, 5.74) is 1.09. The van der Waals surface area contributed by atoms with Gasteiger partial charge in [-0.15, -0.1) is 11.3 Å². The van der Waals surface area contributed by atoms with Gasteiger partial charge >= 0.3 is 0 Å². The van der Waals surface area contributed by atoms with Crippen LogP contribution >= 0.6 is 23.1 Å². The van der Waals surface area contributed by atoms with Gasteiger partial charge in [-0.05, 0) is 38.7 Å². The van der Waals surface area contributed by atoms with Crippen LogP contribution in [-0.2, 0) is 16.0 Å². The Morgan fingerprint density at radius 3 is 2.96 bits per heavy atom. The highest BCUT2D eigenvalue weighted by molar-refractivity contribution is 7.99. The Kier molecular flexibility index (Phi) is 5.97. The average Bonchev–Trinajstić information content (AvgIpc) is 2.88. The normalized spacial score (nSPS) is 18.4. The maximum Gasteiger partial charge on any atom is 0.263 e. The van der Waals surface area contributed by atoms with Crippen molar-refractivity contribution in [3.05, 3.63) is 20.8 Å². The van der Waals surface area contributed by atoms with Crippen LogP contribution in [0.5, 0.6) is 0 Å². The summed E-state index contributed by atoms with van der Waals surface area (Å²) in [7, 11) is 1.65. The van der Waals surface area contributed by atoms with Gasteiger partial charge in [0.05, 0.1) is 24.6 Å². The molecule has 0 radical (unpaired) electrons. The number of aromatic nitrogens is 2. The van der Waals surface area contributed by atoms with Gasteiger partial charge in [0.2, 0.25) is 0 Å². The van der Waals surface area contributed by atoms with Gasteiger partial charge < -0.3 is 9.47 Å². The molecule has 1 fully saturated rings. The Labute approximate surface area is 150 Å². The summed E-state index contributed by atoms with van der Waals surface area (Å²) in [4.78, 5) is 19.8. The molecule has 1 aliphatic heterocycles. The molecule has 132 valence electrons. The molecule has 0 aliphatic carbocycles. The van der Waals surface area contributed by atoms with Crippen molar-refractivity contribution in [3.8, 4) is 0 Å². The monoisotopic (exact) mass is 368 g/mol. The number of hydrogen-bond donors (Lipinski definition) is 0. The summed E-state index contributed by atoms with van der Waals surface area (Å²) in [6.07, 6.45) is 3.73. The predicted octanol–water partition coefficient (Wildman–Crippen LogP) is 3.38. The highest BCUT2D eigenvalue weighted by Gasteiger charge is 2.19. The lowest BCUT2D eigenvalue weighted by molar-refractivity contribution is 0.0315. The van der Waals surface area contributed by atoms with Gasteiger partial charge in [-0.3, -0.25) is 9.36 Å². The van der Waals surface area contributed by atoms with Crippen molar-refractivity contribution in [2.45, 2.75) is 50.9 Å². The summed E-state index contributed by atoms with van der Waals surface area (Å²) in [5.74, 6) is 0.842. The minimum atomic E-state index is 0.0472. The van der Waals surface area contributed by atoms with Crippen molar-refractivity contribution in [3.63, 3.8) is 0 Å². The Hall–Kier alpha value is -0.890. The minimum absolute atomic E-state index is 0.0472. The van der Waals surface area contributed by atoms with Crippen LogP contribution in [0.25, 0.3) is 10.2 Å². The smallest absolute Gasteiger partial charge is 0.263 e. The summed E-state index contributed by atoms with van der Waals surface area (Å²) in [6, 6.07) is 0. The summed E-state index contributed by atoms with van der Waals surface area (Å²) >= 11 is 3.23. The van der Waals surface area contributed by atoms with E-state index in [1.165, 1.54) is 6.42 Å². The van der Waals surface area contributed by atoms with Crippen LogP contribution in [0.4, 0.5) is 0 Å². The Morgan fingerprint density at radius 1 is 1.42 bits per heavy atom. The number of rotatable bonds is 6. The molecule has 1 saturated heterocycles. The van der Waals surface area contributed by atoms with Crippen LogP contribution in [-0.4, -0.2) is 41.7 Å². The second-order valence-corrected chi connectivity index (χ2v) is 8.30. The van der Waals surface area contributed by atoms with E-state index in [2.05, 4.69) is 0 Å². The SMILES string of the molecule is COCCn1c(SCC2CCCCO2)nc2sc(C)c(C)c2c1=O. The first-order valence-corrected chi connectivity index (χ1v) is 10.2. The van der Waals surface area contributed by atoms with Gasteiger partial charge in [0, 0.05) is 24.3 Å². The van der Waals surface area contributed by atoms with Gasteiger partial charge in [0.15, 0.2) is 5.16 Å². The fourth-order valence-corrected chi connectivity index (χ4v) is 5.07. The highest BCUT2D eigenvalue weighted by Crippen LogP contribution is 2.29. The molecule has 2 aromatic heterocycles. The number of hydrogen-bond acceptors (Lipinski definition) is 6. The lowest BCUT2D eigenvalue weighted by Gasteiger charge is -2.22. The van der Waals surface area contributed by atoms with Crippen LogP contribution in [0.15, 0.2) is 9.95 Å². The van der Waals surface area contributed by atoms with Crippen molar-refractivity contribution < 1.29 is 9.47 Å². The molecule has 7 heteroatoms. The number of ether oxygens (including phenoxy) is 2. The number of fused-ring (bicyclic) bond motifs is 1. The minimum Gasteiger partial charge on any atom is -0.383 e. The Balaban J connectivity index is 1.93. The maximum absolute atomic E-state index is 13.0. The Bertz CT molecular complexity index is 763. The van der Waals surface area contributed by atoms with Crippen molar-refractivity contribution in [1.82, 2.24) is 9.55 Å². The zero-order valence-electron chi connectivity index (χ0n) is 14.5. The van der Waals surface area contributed by atoms with Crippen molar-refractivity contribution in [1.29, 1.82) is 0 Å². The van der Waals surface area contributed by atoms with Gasteiger partial charge in [-0.25, -0.2) is 4.98 Å². The number of thiophene rings is 1. The van der Waals surface area contributed by atoms with E-state index in [0.717, 1.165) is 51.0 Å². The zero-order valence-corrected chi connectivity index (χ0v) is 16.1. The first kappa shape index (κ1) is 17.9. The number of thioether (sulfide) groups is 1. The van der Waals surface area contributed by atoms with E-state index in [1.807, 2.05) is 13.8 Å². The molecule has 1 unspecified atom stereocenters. The second kappa shape index (κ2) is 7.99. The predicted molar refractivity (Wildman–Crippen MR) is 99.5 cm³/mol. The molecule has 24 heavy (non-hydrogen) atoms. The van der Waals surface area contributed by atoms with Gasteiger partial charge in [-0.1, -0.05) is 11.8 Å². The largest absolute Gasteiger partial charge is 0.383 e. The third-order valence-electron chi connectivity index (χ3n) is 4.45. The number of aryl methyl sites for hydroxylation is 2. The highest BCUT2D eigenvalue weighted by atomic mass is 32.2. The second-order valence-electron chi connectivity index (χ2n) is 6.11. The van der Waals surface area contributed by atoms with E-state index in [4.69, 9.17) is 14.5 Å². The molecule has 1 aliphatic rings. The third-order valence-corrected chi connectivity index (χ3v) is 6.65. The van der Waals surface area contributed by atoms with Gasteiger partial charge in [-0.2, -0.15) is 0 Å². The van der Waals surface area contributed by atoms with E-state index >= 15 is 0 Å². The molecule has 2 aromatic rings. The molecule has 0 bridgehead atoms. The van der Waals surface area contributed by atoms with E-state index in [-0.39, 0.29) is 11.7 Å². The topological polar surface area (TPSA) is 53.4 Å². The van der Waals surface area contributed by atoms with Crippen LogP contribution in [0.1, 0.15) is 29.7 Å². The first-order chi connectivity index (χ1) is 11.6. The maximum atomic E-state index is 13.0. The lowest BCUT2D eigenvalue weighted by atomic mass is 10.1. The molecular weight excluding hydrogens is 344 g/mol. The average molecular weight is 369 g/mol. The molecule has 5 nitrogen and oxygen atoms in total. The zero-order chi connectivity index (χ0) is 17.1. The van der Waals surface area contributed by atoms with Crippen LogP contribution in [0.2, 0.25) is 0 Å². The fourth-order valence-electron chi connectivity index (χ4n) is 2.90. The van der Waals surface area contributed by atoms with E-state index in [1.54, 1.807) is 34.8 Å². The fraction of sp³-hybridized carbons (Fsp3) is 0.647. The quantitative estimate of drug-likeness (QED) is 0.578. The van der Waals surface area contributed by atoms with Crippen molar-refractivity contribution in [2.75, 3.05) is 26.1 Å². The van der Waals surface area contributed by atoms with Crippen LogP contribution in [0.3, 0.4) is 0 Å².